The Morgan fingerprint density at radius 1 is 1.14 bits per heavy atom. The Morgan fingerprint density at radius 2 is 1.86 bits per heavy atom. The van der Waals surface area contributed by atoms with Crippen LogP contribution in [0.25, 0.3) is 0 Å². The van der Waals surface area contributed by atoms with Crippen LogP contribution in [0.4, 0.5) is 0 Å². The number of ether oxygens (including phenoxy) is 1. The molecule has 0 atom stereocenters. The molecule has 0 aromatic heterocycles. The number of carbonyl (C=O) groups excluding carboxylic acids is 1. The average Bonchev–Trinajstić information content (AvgIpc) is 2.54. The molecule has 0 radical (unpaired) electrons. The number of hydrogen-bond acceptors (Lipinski definition) is 2. The molecule has 1 aromatic rings. The first-order valence-corrected chi connectivity index (χ1v) is 8.39. The maximum atomic E-state index is 12.0. The van der Waals surface area contributed by atoms with Gasteiger partial charge < -0.3 is 9.64 Å². The van der Waals surface area contributed by atoms with Crippen molar-refractivity contribution in [3.05, 3.63) is 35.4 Å². The van der Waals surface area contributed by atoms with E-state index < -0.39 is 0 Å². The standard InChI is InChI=1S/C18H27NO2/c1-2-3-7-16-8-10-17(11-9-16)18(20)21-15-14-19-12-5-4-6-13-19/h8-11H,2-7,12-15H2,1H3/p+1. The lowest BCUT2D eigenvalue weighted by Gasteiger charge is -2.23. The number of hydrogen-bond donors (Lipinski definition) is 1. The Bertz CT molecular complexity index is 421. The molecule has 1 heterocycles. The Labute approximate surface area is 128 Å². The summed E-state index contributed by atoms with van der Waals surface area (Å²) in [6.07, 6.45) is 7.45. The van der Waals surface area contributed by atoms with Crippen molar-refractivity contribution in [2.45, 2.75) is 45.4 Å². The molecule has 0 unspecified atom stereocenters. The van der Waals surface area contributed by atoms with Gasteiger partial charge in [-0.05, 0) is 49.8 Å². The molecule has 0 amide bonds. The normalized spacial score (nSPS) is 15.9. The third-order valence-electron chi connectivity index (χ3n) is 4.26. The summed E-state index contributed by atoms with van der Waals surface area (Å²) >= 11 is 0. The zero-order valence-corrected chi connectivity index (χ0v) is 13.2. The molecule has 1 saturated heterocycles. The van der Waals surface area contributed by atoms with Gasteiger partial charge in [-0.3, -0.25) is 0 Å². The molecule has 116 valence electrons. The van der Waals surface area contributed by atoms with Crippen LogP contribution in [-0.4, -0.2) is 32.2 Å². The molecular weight excluding hydrogens is 262 g/mol. The first-order valence-electron chi connectivity index (χ1n) is 8.39. The third-order valence-corrected chi connectivity index (χ3v) is 4.26. The van der Waals surface area contributed by atoms with Crippen molar-refractivity contribution in [1.29, 1.82) is 0 Å². The van der Waals surface area contributed by atoms with Crippen LogP contribution >= 0.6 is 0 Å². The molecule has 0 aliphatic carbocycles. The number of nitrogens with one attached hydrogen (secondary N) is 1. The SMILES string of the molecule is CCCCc1ccc(C(=O)OCC[NH+]2CCCCC2)cc1. The first-order chi connectivity index (χ1) is 10.3. The maximum Gasteiger partial charge on any atom is 0.338 e. The summed E-state index contributed by atoms with van der Waals surface area (Å²) in [5.41, 5.74) is 1.97. The van der Waals surface area contributed by atoms with Crippen molar-refractivity contribution in [2.75, 3.05) is 26.2 Å². The van der Waals surface area contributed by atoms with E-state index in [9.17, 15) is 4.79 Å². The lowest BCUT2D eigenvalue weighted by atomic mass is 10.1. The lowest BCUT2D eigenvalue weighted by Crippen LogP contribution is -3.13. The van der Waals surface area contributed by atoms with Gasteiger partial charge in [0.05, 0.1) is 18.7 Å². The predicted molar refractivity (Wildman–Crippen MR) is 84.8 cm³/mol. The highest BCUT2D eigenvalue weighted by Gasteiger charge is 2.14. The number of aryl methyl sites for hydroxylation is 1. The fourth-order valence-corrected chi connectivity index (χ4v) is 2.86. The predicted octanol–water partition coefficient (Wildman–Crippen LogP) is 2.25. The van der Waals surface area contributed by atoms with E-state index in [1.54, 1.807) is 4.90 Å². The molecule has 1 fully saturated rings. The molecule has 0 bridgehead atoms. The van der Waals surface area contributed by atoms with Crippen LogP contribution in [0.3, 0.4) is 0 Å². The van der Waals surface area contributed by atoms with E-state index in [4.69, 9.17) is 4.74 Å². The minimum absolute atomic E-state index is 0.187. The van der Waals surface area contributed by atoms with Gasteiger partial charge >= 0.3 is 5.97 Å². The van der Waals surface area contributed by atoms with E-state index in [2.05, 4.69) is 6.92 Å². The fourth-order valence-electron chi connectivity index (χ4n) is 2.86. The lowest BCUT2D eigenvalue weighted by molar-refractivity contribution is -0.905. The number of quaternary nitrogens is 1. The number of esters is 1. The van der Waals surface area contributed by atoms with Crippen LogP contribution in [0.2, 0.25) is 0 Å². The number of carbonyl (C=O) groups is 1. The number of likely N-dealkylation sites (tertiary alicyclic amines) is 1. The monoisotopic (exact) mass is 290 g/mol. The van der Waals surface area contributed by atoms with Gasteiger partial charge in [-0.2, -0.15) is 0 Å². The molecule has 1 aliphatic rings. The fraction of sp³-hybridized carbons (Fsp3) is 0.611. The second-order valence-corrected chi connectivity index (χ2v) is 6.00. The summed E-state index contributed by atoms with van der Waals surface area (Å²) in [5.74, 6) is -0.187. The van der Waals surface area contributed by atoms with Crippen molar-refractivity contribution in [1.82, 2.24) is 0 Å². The zero-order chi connectivity index (χ0) is 14.9. The number of rotatable bonds is 7. The van der Waals surface area contributed by atoms with Crippen molar-refractivity contribution in [2.24, 2.45) is 0 Å². The molecule has 0 spiro atoms. The summed E-state index contributed by atoms with van der Waals surface area (Å²) < 4.78 is 5.39. The van der Waals surface area contributed by atoms with E-state index in [-0.39, 0.29) is 5.97 Å². The molecule has 1 N–H and O–H groups in total. The van der Waals surface area contributed by atoms with Gasteiger partial charge in [0.1, 0.15) is 13.2 Å². The molecule has 2 rings (SSSR count). The highest BCUT2D eigenvalue weighted by atomic mass is 16.5. The van der Waals surface area contributed by atoms with Gasteiger partial charge in [-0.25, -0.2) is 4.79 Å². The Morgan fingerprint density at radius 3 is 2.52 bits per heavy atom. The van der Waals surface area contributed by atoms with Crippen LogP contribution in [-0.2, 0) is 11.2 Å². The van der Waals surface area contributed by atoms with Crippen LogP contribution in [0.15, 0.2) is 24.3 Å². The topological polar surface area (TPSA) is 30.7 Å². The van der Waals surface area contributed by atoms with Crippen molar-refractivity contribution >= 4 is 5.97 Å². The smallest absolute Gasteiger partial charge is 0.338 e. The molecule has 21 heavy (non-hydrogen) atoms. The molecule has 1 aromatic carbocycles. The minimum Gasteiger partial charge on any atom is -0.456 e. The summed E-state index contributed by atoms with van der Waals surface area (Å²) in [6, 6.07) is 7.87. The van der Waals surface area contributed by atoms with Gasteiger partial charge in [0.25, 0.3) is 0 Å². The Kier molecular flexibility index (Phi) is 6.74. The van der Waals surface area contributed by atoms with Gasteiger partial charge in [0.15, 0.2) is 0 Å². The van der Waals surface area contributed by atoms with Crippen molar-refractivity contribution < 1.29 is 14.4 Å². The highest BCUT2D eigenvalue weighted by molar-refractivity contribution is 5.89. The molecule has 1 aliphatic heterocycles. The third kappa shape index (κ3) is 5.50. The van der Waals surface area contributed by atoms with Gasteiger partial charge in [0.2, 0.25) is 0 Å². The van der Waals surface area contributed by atoms with E-state index >= 15 is 0 Å². The summed E-state index contributed by atoms with van der Waals surface area (Å²) in [6.45, 7) is 6.12. The van der Waals surface area contributed by atoms with E-state index in [0.717, 1.165) is 13.0 Å². The van der Waals surface area contributed by atoms with Gasteiger partial charge in [-0.1, -0.05) is 25.5 Å². The van der Waals surface area contributed by atoms with Gasteiger partial charge in [-0.15, -0.1) is 0 Å². The van der Waals surface area contributed by atoms with Crippen molar-refractivity contribution in [3.8, 4) is 0 Å². The average molecular weight is 290 g/mol. The minimum atomic E-state index is -0.187. The van der Waals surface area contributed by atoms with Gasteiger partial charge in [0, 0.05) is 0 Å². The quantitative estimate of drug-likeness (QED) is 0.781. The second-order valence-electron chi connectivity index (χ2n) is 6.00. The zero-order valence-electron chi connectivity index (χ0n) is 13.2. The molecular formula is C18H28NO2+. The summed E-state index contributed by atoms with van der Waals surface area (Å²) in [5, 5.41) is 0. The number of benzene rings is 1. The van der Waals surface area contributed by atoms with Crippen molar-refractivity contribution in [3.63, 3.8) is 0 Å². The number of unbranched alkanes of at least 4 members (excludes halogenated alkanes) is 1. The molecule has 0 saturated carbocycles. The van der Waals surface area contributed by atoms with Crippen LogP contribution in [0.1, 0.15) is 54.9 Å². The Balaban J connectivity index is 1.72. The van der Waals surface area contributed by atoms with E-state index in [0.29, 0.717) is 12.2 Å². The molecule has 3 heteroatoms. The largest absolute Gasteiger partial charge is 0.456 e. The van der Waals surface area contributed by atoms with E-state index in [1.807, 2.05) is 24.3 Å². The maximum absolute atomic E-state index is 12.0. The van der Waals surface area contributed by atoms with E-state index in [1.165, 1.54) is 50.8 Å². The van der Waals surface area contributed by atoms with Crippen LogP contribution in [0, 0.1) is 0 Å². The van der Waals surface area contributed by atoms with Crippen LogP contribution < -0.4 is 4.90 Å². The first kappa shape index (κ1) is 16.0. The summed E-state index contributed by atoms with van der Waals surface area (Å²) in [7, 11) is 0. The highest BCUT2D eigenvalue weighted by Crippen LogP contribution is 2.09. The second kappa shape index (κ2) is 8.83. The molecule has 3 nitrogen and oxygen atoms in total. The Hall–Kier alpha value is -1.35. The number of piperidine rings is 1. The van der Waals surface area contributed by atoms with Crippen LogP contribution in [0.5, 0.6) is 0 Å². The summed E-state index contributed by atoms with van der Waals surface area (Å²) in [4.78, 5) is 13.6.